The van der Waals surface area contributed by atoms with E-state index < -0.39 is 0 Å². The van der Waals surface area contributed by atoms with Crippen LogP contribution in [0.25, 0.3) is 0 Å². The van der Waals surface area contributed by atoms with Crippen molar-refractivity contribution in [2.24, 2.45) is 5.73 Å². The first-order chi connectivity index (χ1) is 11.5. The highest BCUT2D eigenvalue weighted by atomic mass is 16.5. The number of carbonyl (C=O) groups excluding carboxylic acids is 1. The molecular formula is C19H24N2O3. The highest BCUT2D eigenvalue weighted by molar-refractivity contribution is 5.91. The molecule has 0 fully saturated rings. The second-order valence-electron chi connectivity index (χ2n) is 5.80. The third-order valence-corrected chi connectivity index (χ3v) is 3.58. The fraction of sp³-hybridized carbons (Fsp3) is 0.316. The van der Waals surface area contributed by atoms with E-state index in [1.165, 1.54) is 0 Å². The number of amides is 1. The van der Waals surface area contributed by atoms with E-state index in [4.69, 9.17) is 15.2 Å². The molecule has 1 amide bonds. The molecule has 0 radical (unpaired) electrons. The quantitative estimate of drug-likeness (QED) is 0.817. The molecule has 0 aliphatic heterocycles. The summed E-state index contributed by atoms with van der Waals surface area (Å²) in [6, 6.07) is 13.3. The van der Waals surface area contributed by atoms with E-state index in [1.807, 2.05) is 38.1 Å². The number of anilines is 1. The Kier molecular flexibility index (Phi) is 6.35. The summed E-state index contributed by atoms with van der Waals surface area (Å²) < 4.78 is 11.0. The lowest BCUT2D eigenvalue weighted by atomic mass is 10.1. The minimum atomic E-state index is -0.267. The summed E-state index contributed by atoms with van der Waals surface area (Å²) in [4.78, 5) is 11.9. The first-order valence-corrected chi connectivity index (χ1v) is 7.89. The minimum absolute atomic E-state index is 0.129. The lowest BCUT2D eigenvalue weighted by molar-refractivity contribution is -0.118. The van der Waals surface area contributed by atoms with E-state index in [9.17, 15) is 4.79 Å². The molecule has 0 aliphatic carbocycles. The van der Waals surface area contributed by atoms with E-state index in [0.717, 1.165) is 22.6 Å². The van der Waals surface area contributed by atoms with Crippen molar-refractivity contribution in [1.82, 2.24) is 0 Å². The molecule has 2 aromatic carbocycles. The van der Waals surface area contributed by atoms with Gasteiger partial charge in [-0.25, -0.2) is 0 Å². The number of nitrogens with one attached hydrogen (secondary N) is 1. The third-order valence-electron chi connectivity index (χ3n) is 3.58. The first kappa shape index (κ1) is 18.0. The summed E-state index contributed by atoms with van der Waals surface area (Å²) in [7, 11) is 1.55. The van der Waals surface area contributed by atoms with Crippen LogP contribution in [0.2, 0.25) is 0 Å². The van der Waals surface area contributed by atoms with Crippen LogP contribution < -0.4 is 15.8 Å². The van der Waals surface area contributed by atoms with Crippen LogP contribution in [0.5, 0.6) is 11.5 Å². The molecule has 0 aliphatic rings. The number of hydrogen-bond donors (Lipinski definition) is 2. The van der Waals surface area contributed by atoms with Crippen molar-refractivity contribution in [3.05, 3.63) is 53.6 Å². The number of rotatable bonds is 7. The van der Waals surface area contributed by atoms with Crippen LogP contribution in [0.15, 0.2) is 42.5 Å². The molecule has 2 aromatic rings. The summed E-state index contributed by atoms with van der Waals surface area (Å²) in [5, 5.41) is 2.82. The Bertz CT molecular complexity index is 659. The Morgan fingerprint density at radius 3 is 2.25 bits per heavy atom. The highest BCUT2D eigenvalue weighted by Crippen LogP contribution is 2.25. The average Bonchev–Trinajstić information content (AvgIpc) is 2.53. The van der Waals surface area contributed by atoms with Crippen LogP contribution in [-0.2, 0) is 9.53 Å². The predicted molar refractivity (Wildman–Crippen MR) is 95.5 cm³/mol. The Labute approximate surface area is 142 Å². The third kappa shape index (κ3) is 5.37. The Morgan fingerprint density at radius 1 is 1.08 bits per heavy atom. The van der Waals surface area contributed by atoms with Crippen LogP contribution >= 0.6 is 0 Å². The van der Waals surface area contributed by atoms with Gasteiger partial charge in [0.05, 0.1) is 12.5 Å². The minimum Gasteiger partial charge on any atom is -0.457 e. The predicted octanol–water partition coefficient (Wildman–Crippen LogP) is 3.40. The number of hydrogen-bond acceptors (Lipinski definition) is 4. The first-order valence-electron chi connectivity index (χ1n) is 7.89. The maximum Gasteiger partial charge on any atom is 0.227 e. The maximum absolute atomic E-state index is 11.9. The number of benzene rings is 2. The van der Waals surface area contributed by atoms with Crippen LogP contribution in [0.4, 0.5) is 5.69 Å². The standard InChI is InChI=1S/C19H24N2O3/c1-13-8-14(2)10-17(9-13)24-16-6-4-15(5-7-16)21-19(22)11-18(12-20)23-3/h4-10,18H,11-12,20H2,1-3H3,(H,21,22). The Hall–Kier alpha value is -2.37. The van der Waals surface area contributed by atoms with Gasteiger partial charge in [-0.2, -0.15) is 0 Å². The molecule has 24 heavy (non-hydrogen) atoms. The smallest absolute Gasteiger partial charge is 0.227 e. The van der Waals surface area contributed by atoms with Gasteiger partial charge in [0.15, 0.2) is 0 Å². The van der Waals surface area contributed by atoms with Gasteiger partial charge in [-0.3, -0.25) is 4.79 Å². The molecule has 1 unspecified atom stereocenters. The SMILES string of the molecule is COC(CN)CC(=O)Nc1ccc(Oc2cc(C)cc(C)c2)cc1. The van der Waals surface area contributed by atoms with Gasteiger partial charge < -0.3 is 20.5 Å². The molecule has 0 saturated heterocycles. The zero-order valence-electron chi connectivity index (χ0n) is 14.3. The highest BCUT2D eigenvalue weighted by Gasteiger charge is 2.11. The van der Waals surface area contributed by atoms with Crippen LogP contribution in [-0.4, -0.2) is 25.7 Å². The molecule has 0 aromatic heterocycles. The van der Waals surface area contributed by atoms with Crippen molar-refractivity contribution in [3.63, 3.8) is 0 Å². The zero-order valence-corrected chi connectivity index (χ0v) is 14.3. The van der Waals surface area contributed by atoms with Gasteiger partial charge in [-0.15, -0.1) is 0 Å². The number of methoxy groups -OCH3 is 1. The second-order valence-corrected chi connectivity index (χ2v) is 5.80. The summed E-state index contributed by atoms with van der Waals surface area (Å²) in [5.41, 5.74) is 8.53. The molecule has 2 rings (SSSR count). The molecular weight excluding hydrogens is 304 g/mol. The zero-order chi connectivity index (χ0) is 17.5. The molecule has 0 spiro atoms. The molecule has 0 bridgehead atoms. The molecule has 3 N–H and O–H groups in total. The summed E-state index contributed by atoms with van der Waals surface area (Å²) in [6.45, 7) is 4.38. The van der Waals surface area contributed by atoms with Gasteiger partial charge in [-0.05, 0) is 61.4 Å². The number of ether oxygens (including phenoxy) is 2. The molecule has 0 saturated carbocycles. The number of carbonyl (C=O) groups is 1. The van der Waals surface area contributed by atoms with Crippen molar-refractivity contribution in [1.29, 1.82) is 0 Å². The summed E-state index contributed by atoms with van der Waals surface area (Å²) in [5.74, 6) is 1.39. The molecule has 0 heterocycles. The van der Waals surface area contributed by atoms with Gasteiger partial charge >= 0.3 is 0 Å². The largest absolute Gasteiger partial charge is 0.457 e. The van der Waals surface area contributed by atoms with Crippen LogP contribution in [0, 0.1) is 13.8 Å². The summed E-state index contributed by atoms with van der Waals surface area (Å²) >= 11 is 0. The van der Waals surface area contributed by atoms with E-state index >= 15 is 0 Å². The van der Waals surface area contributed by atoms with Crippen molar-refractivity contribution in [2.75, 3.05) is 19.0 Å². The van der Waals surface area contributed by atoms with E-state index in [1.54, 1.807) is 19.2 Å². The van der Waals surface area contributed by atoms with Crippen LogP contribution in [0.1, 0.15) is 17.5 Å². The lowest BCUT2D eigenvalue weighted by Gasteiger charge is -2.13. The number of aryl methyl sites for hydroxylation is 2. The normalized spacial score (nSPS) is 11.8. The van der Waals surface area contributed by atoms with Gasteiger partial charge in [0, 0.05) is 19.3 Å². The molecule has 5 nitrogen and oxygen atoms in total. The average molecular weight is 328 g/mol. The second kappa shape index (κ2) is 8.47. The van der Waals surface area contributed by atoms with Crippen molar-refractivity contribution in [2.45, 2.75) is 26.4 Å². The van der Waals surface area contributed by atoms with Gasteiger partial charge in [0.2, 0.25) is 5.91 Å². The monoisotopic (exact) mass is 328 g/mol. The van der Waals surface area contributed by atoms with Gasteiger partial charge in [0.25, 0.3) is 0 Å². The lowest BCUT2D eigenvalue weighted by Crippen LogP contribution is -2.28. The molecule has 128 valence electrons. The van der Waals surface area contributed by atoms with Crippen molar-refractivity contribution in [3.8, 4) is 11.5 Å². The molecule has 5 heteroatoms. The fourth-order valence-corrected chi connectivity index (χ4v) is 2.42. The maximum atomic E-state index is 11.9. The van der Waals surface area contributed by atoms with E-state index in [0.29, 0.717) is 12.2 Å². The van der Waals surface area contributed by atoms with E-state index in [-0.39, 0.29) is 18.4 Å². The van der Waals surface area contributed by atoms with Crippen LogP contribution in [0.3, 0.4) is 0 Å². The Balaban J connectivity index is 1.96. The molecule has 1 atom stereocenters. The Morgan fingerprint density at radius 2 is 1.71 bits per heavy atom. The summed E-state index contributed by atoms with van der Waals surface area (Å²) in [6.07, 6.45) is -0.0365. The van der Waals surface area contributed by atoms with Crippen molar-refractivity contribution >= 4 is 11.6 Å². The van der Waals surface area contributed by atoms with Gasteiger partial charge in [-0.1, -0.05) is 6.07 Å². The number of nitrogens with two attached hydrogens (primary N) is 1. The van der Waals surface area contributed by atoms with Gasteiger partial charge in [0.1, 0.15) is 11.5 Å². The van der Waals surface area contributed by atoms with E-state index in [2.05, 4.69) is 11.4 Å². The topological polar surface area (TPSA) is 73.6 Å². The fourth-order valence-electron chi connectivity index (χ4n) is 2.42. The van der Waals surface area contributed by atoms with Crippen molar-refractivity contribution < 1.29 is 14.3 Å².